The molecule has 2 N–H and O–H groups in total. The van der Waals surface area contributed by atoms with Gasteiger partial charge in [-0.2, -0.15) is 0 Å². The van der Waals surface area contributed by atoms with Crippen molar-refractivity contribution < 1.29 is 24.3 Å². The second kappa shape index (κ2) is 10.9. The highest BCUT2D eigenvalue weighted by molar-refractivity contribution is 8.14. The predicted octanol–water partition coefficient (Wildman–Crippen LogP) is 2.82. The minimum Gasteiger partial charge on any atom is -0.480 e. The minimum atomic E-state index is -1.13. The highest BCUT2D eigenvalue weighted by Gasteiger charge is 2.34. The third kappa shape index (κ3) is 5.97. The van der Waals surface area contributed by atoms with Crippen LogP contribution in [-0.4, -0.2) is 45.8 Å². The van der Waals surface area contributed by atoms with E-state index in [2.05, 4.69) is 5.32 Å². The fourth-order valence-corrected chi connectivity index (χ4v) is 4.61. The van der Waals surface area contributed by atoms with Crippen LogP contribution in [0.5, 0.6) is 0 Å². The molecule has 7 nitrogen and oxygen atoms in total. The number of rotatable bonds is 8. The van der Waals surface area contributed by atoms with Gasteiger partial charge in [-0.25, -0.2) is 0 Å². The summed E-state index contributed by atoms with van der Waals surface area (Å²) >= 11 is 0.971. The molecule has 0 spiro atoms. The maximum absolute atomic E-state index is 13.2. The van der Waals surface area contributed by atoms with Gasteiger partial charge in [-0.3, -0.25) is 24.1 Å². The number of carbonyl (C=O) groups excluding carboxylic acids is 3. The number of para-hydroxylation sites is 1. The van der Waals surface area contributed by atoms with E-state index in [0.29, 0.717) is 31.4 Å². The number of carboxylic acid groups (broad SMARTS) is 1. The summed E-state index contributed by atoms with van der Waals surface area (Å²) in [5, 5.41) is 11.3. The largest absolute Gasteiger partial charge is 0.480 e. The first-order valence-electron chi connectivity index (χ1n) is 10.5. The Morgan fingerprint density at radius 2 is 1.81 bits per heavy atom. The number of amides is 2. The van der Waals surface area contributed by atoms with Gasteiger partial charge in [0.25, 0.3) is 0 Å². The van der Waals surface area contributed by atoms with Gasteiger partial charge in [-0.05, 0) is 36.5 Å². The van der Waals surface area contributed by atoms with Crippen molar-refractivity contribution in [2.45, 2.75) is 43.9 Å². The maximum Gasteiger partial charge on any atom is 0.323 e. The van der Waals surface area contributed by atoms with E-state index < -0.39 is 35.6 Å². The molecular weight excluding hydrogens is 428 g/mol. The van der Waals surface area contributed by atoms with E-state index in [4.69, 9.17) is 0 Å². The lowest BCUT2D eigenvalue weighted by atomic mass is 10.1. The normalized spacial score (nSPS) is 16.6. The molecule has 0 saturated carbocycles. The van der Waals surface area contributed by atoms with Crippen molar-refractivity contribution in [2.75, 3.05) is 11.4 Å². The Morgan fingerprint density at radius 1 is 1.12 bits per heavy atom. The van der Waals surface area contributed by atoms with Crippen LogP contribution in [-0.2, 0) is 32.0 Å². The highest BCUT2D eigenvalue weighted by Crippen LogP contribution is 2.27. The van der Waals surface area contributed by atoms with Gasteiger partial charge in [0.1, 0.15) is 12.6 Å². The second-order valence-corrected chi connectivity index (χ2v) is 8.83. The van der Waals surface area contributed by atoms with Gasteiger partial charge in [0.05, 0.1) is 5.25 Å². The van der Waals surface area contributed by atoms with Crippen molar-refractivity contribution in [3.05, 3.63) is 65.7 Å². The lowest BCUT2D eigenvalue weighted by Crippen LogP contribution is -2.51. The molecular formula is C24H26N2O5S. The highest BCUT2D eigenvalue weighted by atomic mass is 32.2. The van der Waals surface area contributed by atoms with Crippen LogP contribution in [0, 0.1) is 0 Å². The number of hydrogen-bond donors (Lipinski definition) is 2. The number of aryl methyl sites for hydroxylation is 1. The maximum atomic E-state index is 13.2. The lowest BCUT2D eigenvalue weighted by molar-refractivity contribution is -0.137. The summed E-state index contributed by atoms with van der Waals surface area (Å²) < 4.78 is 0. The van der Waals surface area contributed by atoms with Crippen molar-refractivity contribution in [3.63, 3.8) is 0 Å². The van der Waals surface area contributed by atoms with Crippen LogP contribution in [0.15, 0.2) is 54.6 Å². The number of carboxylic acids is 1. The van der Waals surface area contributed by atoms with Crippen molar-refractivity contribution in [3.8, 4) is 0 Å². The zero-order valence-corrected chi connectivity index (χ0v) is 18.6. The van der Waals surface area contributed by atoms with Crippen LogP contribution >= 0.6 is 11.8 Å². The van der Waals surface area contributed by atoms with E-state index in [-0.39, 0.29) is 5.12 Å². The van der Waals surface area contributed by atoms with Crippen LogP contribution < -0.4 is 10.2 Å². The molecule has 32 heavy (non-hydrogen) atoms. The summed E-state index contributed by atoms with van der Waals surface area (Å²) in [7, 11) is 0. The van der Waals surface area contributed by atoms with Crippen molar-refractivity contribution in [2.24, 2.45) is 0 Å². The Balaban J connectivity index is 1.81. The molecule has 0 fully saturated rings. The monoisotopic (exact) mass is 454 g/mol. The summed E-state index contributed by atoms with van der Waals surface area (Å²) in [6.07, 6.45) is 1.52. The number of thioether (sulfide) groups is 1. The van der Waals surface area contributed by atoms with Gasteiger partial charge in [-0.15, -0.1) is 0 Å². The van der Waals surface area contributed by atoms with E-state index in [9.17, 15) is 24.3 Å². The van der Waals surface area contributed by atoms with Crippen LogP contribution in [0.4, 0.5) is 5.69 Å². The van der Waals surface area contributed by atoms with E-state index in [1.807, 2.05) is 42.5 Å². The van der Waals surface area contributed by atoms with Gasteiger partial charge >= 0.3 is 5.97 Å². The van der Waals surface area contributed by atoms with Gasteiger partial charge < -0.3 is 10.4 Å². The molecule has 2 aromatic rings. The molecule has 3 rings (SSSR count). The Labute approximate surface area is 191 Å². The quantitative estimate of drug-likeness (QED) is 0.636. The van der Waals surface area contributed by atoms with Crippen molar-refractivity contribution in [1.29, 1.82) is 0 Å². The number of aliphatic carboxylic acids is 1. The molecule has 2 amide bonds. The number of hydrogen-bond acceptors (Lipinski definition) is 5. The summed E-state index contributed by atoms with van der Waals surface area (Å²) in [5.41, 5.74) is 2.32. The number of benzene rings is 2. The van der Waals surface area contributed by atoms with Crippen LogP contribution in [0.3, 0.4) is 0 Å². The summed E-state index contributed by atoms with van der Waals surface area (Å²) in [5.74, 6) is -2.00. The predicted molar refractivity (Wildman–Crippen MR) is 124 cm³/mol. The molecule has 1 aliphatic rings. The van der Waals surface area contributed by atoms with Gasteiger partial charge in [0.15, 0.2) is 5.12 Å². The SMILES string of the molecule is CCC(=O)S[C@H](Cc1ccccc1)C(=O)N[C@H]1CCc2ccccc2N(CC(=O)O)C1=O. The standard InChI is InChI=1S/C24H26N2O5S/c1-2-22(29)32-20(14-16-8-4-3-5-9-16)23(30)25-18-13-12-17-10-6-7-11-19(17)26(24(18)31)15-21(27)28/h3-11,18,20H,2,12-15H2,1H3,(H,25,30)(H,27,28)/t18-,20+/m0/s1. The molecule has 0 unspecified atom stereocenters. The Morgan fingerprint density at radius 3 is 2.50 bits per heavy atom. The molecule has 0 bridgehead atoms. The Bertz CT molecular complexity index is 995. The third-order valence-electron chi connectivity index (χ3n) is 5.28. The van der Waals surface area contributed by atoms with Gasteiger partial charge in [-0.1, -0.05) is 67.2 Å². The first-order valence-corrected chi connectivity index (χ1v) is 11.4. The summed E-state index contributed by atoms with van der Waals surface area (Å²) in [6, 6.07) is 15.7. The average molecular weight is 455 g/mol. The van der Waals surface area contributed by atoms with E-state index in [1.54, 1.807) is 19.1 Å². The zero-order chi connectivity index (χ0) is 23.1. The molecule has 0 saturated heterocycles. The molecule has 1 aliphatic heterocycles. The van der Waals surface area contributed by atoms with E-state index >= 15 is 0 Å². The molecule has 8 heteroatoms. The van der Waals surface area contributed by atoms with E-state index in [0.717, 1.165) is 22.9 Å². The van der Waals surface area contributed by atoms with Crippen LogP contribution in [0.25, 0.3) is 0 Å². The molecule has 0 aromatic heterocycles. The molecule has 0 aliphatic carbocycles. The van der Waals surface area contributed by atoms with Crippen molar-refractivity contribution in [1.82, 2.24) is 5.32 Å². The fraction of sp³-hybridized carbons (Fsp3) is 0.333. The number of nitrogens with one attached hydrogen (secondary N) is 1. The second-order valence-electron chi connectivity index (χ2n) is 7.57. The summed E-state index contributed by atoms with van der Waals surface area (Å²) in [6.45, 7) is 1.25. The summed E-state index contributed by atoms with van der Waals surface area (Å²) in [4.78, 5) is 51.1. The first kappa shape index (κ1) is 23.5. The average Bonchev–Trinajstić information content (AvgIpc) is 2.91. The first-order chi connectivity index (χ1) is 15.4. The Hall–Kier alpha value is -3.13. The molecule has 2 atom stereocenters. The molecule has 168 valence electrons. The fourth-order valence-electron chi connectivity index (χ4n) is 3.67. The molecule has 2 aromatic carbocycles. The minimum absolute atomic E-state index is 0.104. The van der Waals surface area contributed by atoms with Crippen molar-refractivity contribution >= 4 is 40.3 Å². The lowest BCUT2D eigenvalue weighted by Gasteiger charge is -2.26. The van der Waals surface area contributed by atoms with Crippen LogP contribution in [0.2, 0.25) is 0 Å². The molecule has 1 heterocycles. The zero-order valence-electron chi connectivity index (χ0n) is 17.8. The van der Waals surface area contributed by atoms with Gasteiger partial charge in [0.2, 0.25) is 11.8 Å². The third-order valence-corrected chi connectivity index (χ3v) is 6.49. The van der Waals surface area contributed by atoms with E-state index in [1.165, 1.54) is 4.90 Å². The van der Waals surface area contributed by atoms with Gasteiger partial charge in [0, 0.05) is 12.1 Å². The topological polar surface area (TPSA) is 104 Å². The number of anilines is 1. The van der Waals surface area contributed by atoms with Crippen LogP contribution in [0.1, 0.15) is 30.9 Å². The number of fused-ring (bicyclic) bond motifs is 1. The number of carbonyl (C=O) groups is 4. The molecule has 0 radical (unpaired) electrons. The Kier molecular flexibility index (Phi) is 8.05. The number of nitrogens with zero attached hydrogens (tertiary/aromatic N) is 1. The smallest absolute Gasteiger partial charge is 0.323 e.